The third kappa shape index (κ3) is 1.92. The fourth-order valence-electron chi connectivity index (χ4n) is 1.50. The Morgan fingerprint density at radius 2 is 1.86 bits per heavy atom. The van der Waals surface area contributed by atoms with E-state index in [0.29, 0.717) is 12.0 Å². The lowest BCUT2D eigenvalue weighted by Crippen LogP contribution is -2.21. The number of carbonyl (C=O) groups is 2. The SMILES string of the molecule is CC(=O)C1=CN(C)C(C)=C(C(C)=O)C1. The summed E-state index contributed by atoms with van der Waals surface area (Å²) in [7, 11) is 1.85. The van der Waals surface area contributed by atoms with Gasteiger partial charge in [-0.25, -0.2) is 0 Å². The van der Waals surface area contributed by atoms with Crippen LogP contribution in [-0.2, 0) is 9.59 Å². The molecule has 3 heteroatoms. The molecule has 1 heterocycles. The highest BCUT2D eigenvalue weighted by Gasteiger charge is 2.20. The average Bonchev–Trinajstić information content (AvgIpc) is 2.08. The average molecular weight is 193 g/mol. The Bertz CT molecular complexity index is 350. The molecule has 0 aliphatic carbocycles. The minimum absolute atomic E-state index is 0.0306. The lowest BCUT2D eigenvalue weighted by Gasteiger charge is -2.25. The second-order valence-electron chi connectivity index (χ2n) is 3.62. The summed E-state index contributed by atoms with van der Waals surface area (Å²) in [6, 6.07) is 0. The second kappa shape index (κ2) is 3.78. The molecule has 3 nitrogen and oxygen atoms in total. The van der Waals surface area contributed by atoms with Crippen LogP contribution in [0, 0.1) is 0 Å². The Labute approximate surface area is 84.1 Å². The topological polar surface area (TPSA) is 37.4 Å². The molecule has 0 radical (unpaired) electrons. The second-order valence-corrected chi connectivity index (χ2v) is 3.62. The third-order valence-corrected chi connectivity index (χ3v) is 2.56. The van der Waals surface area contributed by atoms with Crippen LogP contribution in [0.25, 0.3) is 0 Å². The van der Waals surface area contributed by atoms with E-state index in [-0.39, 0.29) is 11.6 Å². The Balaban J connectivity index is 3.04. The van der Waals surface area contributed by atoms with Gasteiger partial charge in [0.15, 0.2) is 11.6 Å². The number of Topliss-reactive ketones (excluding diaryl/α,β-unsaturated/α-hetero) is 2. The van der Waals surface area contributed by atoms with Crippen molar-refractivity contribution in [3.8, 4) is 0 Å². The van der Waals surface area contributed by atoms with Gasteiger partial charge in [0.1, 0.15) is 0 Å². The van der Waals surface area contributed by atoms with E-state index >= 15 is 0 Å². The Hall–Kier alpha value is -1.38. The fourth-order valence-corrected chi connectivity index (χ4v) is 1.50. The molecule has 0 spiro atoms. The Kier molecular flexibility index (Phi) is 2.89. The molecule has 0 amide bonds. The van der Waals surface area contributed by atoms with Crippen LogP contribution in [0.15, 0.2) is 23.0 Å². The molecule has 0 aromatic heterocycles. The number of carbonyl (C=O) groups excluding carboxylic acids is 2. The van der Waals surface area contributed by atoms with Gasteiger partial charge in [0.25, 0.3) is 0 Å². The highest BCUT2D eigenvalue weighted by atomic mass is 16.1. The molecule has 0 saturated carbocycles. The Morgan fingerprint density at radius 1 is 1.29 bits per heavy atom. The summed E-state index contributed by atoms with van der Waals surface area (Å²) in [6.45, 7) is 4.96. The van der Waals surface area contributed by atoms with Crippen molar-refractivity contribution < 1.29 is 9.59 Å². The van der Waals surface area contributed by atoms with E-state index in [1.165, 1.54) is 13.8 Å². The van der Waals surface area contributed by atoms with Gasteiger partial charge >= 0.3 is 0 Å². The first-order valence-corrected chi connectivity index (χ1v) is 4.58. The largest absolute Gasteiger partial charge is 0.354 e. The molecule has 1 aliphatic heterocycles. The maximum Gasteiger partial charge on any atom is 0.157 e. The van der Waals surface area contributed by atoms with Crippen molar-refractivity contribution in [1.82, 2.24) is 4.90 Å². The summed E-state index contributed by atoms with van der Waals surface area (Å²) in [5, 5.41) is 0. The molecule has 0 aromatic rings. The van der Waals surface area contributed by atoms with Crippen LogP contribution in [0.2, 0.25) is 0 Å². The molecule has 0 N–H and O–H groups in total. The van der Waals surface area contributed by atoms with Gasteiger partial charge in [-0.05, 0) is 20.8 Å². The molecule has 14 heavy (non-hydrogen) atoms. The summed E-state index contributed by atoms with van der Waals surface area (Å²) >= 11 is 0. The zero-order valence-electron chi connectivity index (χ0n) is 9.05. The summed E-state index contributed by atoms with van der Waals surface area (Å²) in [5.41, 5.74) is 2.37. The van der Waals surface area contributed by atoms with Crippen molar-refractivity contribution in [2.45, 2.75) is 27.2 Å². The molecule has 0 saturated heterocycles. The van der Waals surface area contributed by atoms with E-state index in [1.807, 2.05) is 18.9 Å². The van der Waals surface area contributed by atoms with Crippen LogP contribution < -0.4 is 0 Å². The summed E-state index contributed by atoms with van der Waals surface area (Å²) in [6.07, 6.45) is 2.27. The number of hydrogen-bond acceptors (Lipinski definition) is 3. The van der Waals surface area contributed by atoms with Gasteiger partial charge in [-0.2, -0.15) is 0 Å². The van der Waals surface area contributed by atoms with E-state index < -0.39 is 0 Å². The molecule has 0 fully saturated rings. The molecular formula is C11H15NO2. The fraction of sp³-hybridized carbons (Fsp3) is 0.455. The minimum Gasteiger partial charge on any atom is -0.354 e. The number of nitrogens with zero attached hydrogens (tertiary/aromatic N) is 1. The Morgan fingerprint density at radius 3 is 2.29 bits per heavy atom. The maximum atomic E-state index is 11.3. The lowest BCUT2D eigenvalue weighted by molar-refractivity contribution is -0.114. The molecule has 0 atom stereocenters. The van der Waals surface area contributed by atoms with Crippen LogP contribution in [0.1, 0.15) is 27.2 Å². The van der Waals surface area contributed by atoms with Crippen molar-refractivity contribution in [3.63, 3.8) is 0 Å². The summed E-state index contributed by atoms with van der Waals surface area (Å²) in [4.78, 5) is 24.3. The first-order valence-electron chi connectivity index (χ1n) is 4.58. The highest BCUT2D eigenvalue weighted by molar-refractivity contribution is 6.00. The molecule has 76 valence electrons. The number of ketones is 2. The van der Waals surface area contributed by atoms with Crippen LogP contribution in [0.3, 0.4) is 0 Å². The van der Waals surface area contributed by atoms with Crippen molar-refractivity contribution in [2.75, 3.05) is 7.05 Å². The van der Waals surface area contributed by atoms with E-state index in [4.69, 9.17) is 0 Å². The number of rotatable bonds is 2. The summed E-state index contributed by atoms with van der Waals surface area (Å²) in [5.74, 6) is 0.0734. The first kappa shape index (κ1) is 10.7. The van der Waals surface area contributed by atoms with Gasteiger partial charge in [0, 0.05) is 36.5 Å². The first-order chi connectivity index (χ1) is 6.43. The van der Waals surface area contributed by atoms with Gasteiger partial charge in [-0.3, -0.25) is 9.59 Å². The van der Waals surface area contributed by atoms with Crippen LogP contribution in [0.4, 0.5) is 0 Å². The van der Waals surface area contributed by atoms with Gasteiger partial charge in [-0.15, -0.1) is 0 Å². The minimum atomic E-state index is 0.0306. The van der Waals surface area contributed by atoms with E-state index in [2.05, 4.69) is 0 Å². The van der Waals surface area contributed by atoms with Crippen molar-refractivity contribution in [2.24, 2.45) is 0 Å². The van der Waals surface area contributed by atoms with E-state index in [9.17, 15) is 9.59 Å². The number of hydrogen-bond donors (Lipinski definition) is 0. The van der Waals surface area contributed by atoms with Crippen molar-refractivity contribution >= 4 is 11.6 Å². The van der Waals surface area contributed by atoms with Crippen molar-refractivity contribution in [3.05, 3.63) is 23.0 Å². The zero-order valence-corrected chi connectivity index (χ0v) is 9.05. The van der Waals surface area contributed by atoms with Crippen LogP contribution in [-0.4, -0.2) is 23.5 Å². The van der Waals surface area contributed by atoms with Crippen molar-refractivity contribution in [1.29, 1.82) is 0 Å². The van der Waals surface area contributed by atoms with E-state index in [0.717, 1.165) is 11.3 Å². The lowest BCUT2D eigenvalue weighted by atomic mass is 9.96. The van der Waals surface area contributed by atoms with Gasteiger partial charge < -0.3 is 4.90 Å². The molecule has 1 rings (SSSR count). The quantitative estimate of drug-likeness (QED) is 0.669. The molecule has 1 aliphatic rings. The van der Waals surface area contributed by atoms with Gasteiger partial charge in [0.2, 0.25) is 0 Å². The third-order valence-electron chi connectivity index (χ3n) is 2.56. The normalized spacial score (nSPS) is 16.9. The maximum absolute atomic E-state index is 11.3. The monoisotopic (exact) mass is 193 g/mol. The molecule has 0 bridgehead atoms. The summed E-state index contributed by atoms with van der Waals surface area (Å²) < 4.78 is 0. The van der Waals surface area contributed by atoms with Crippen LogP contribution >= 0.6 is 0 Å². The standard InChI is InChI=1S/C11H15NO2/c1-7-11(9(3)14)5-10(8(2)13)6-12(7)4/h6H,5H2,1-4H3. The predicted octanol–water partition coefficient (Wildman–Crippen LogP) is 1.66. The molecule has 0 aromatic carbocycles. The van der Waals surface area contributed by atoms with Gasteiger partial charge in [-0.1, -0.05) is 0 Å². The van der Waals surface area contributed by atoms with Crippen LogP contribution in [0.5, 0.6) is 0 Å². The number of allylic oxidation sites excluding steroid dienone is 3. The zero-order chi connectivity index (χ0) is 10.9. The van der Waals surface area contributed by atoms with E-state index in [1.54, 1.807) is 6.20 Å². The molecular weight excluding hydrogens is 178 g/mol. The smallest absolute Gasteiger partial charge is 0.157 e. The highest BCUT2D eigenvalue weighted by Crippen LogP contribution is 2.24. The van der Waals surface area contributed by atoms with Gasteiger partial charge in [0.05, 0.1) is 0 Å². The molecule has 0 unspecified atom stereocenters. The predicted molar refractivity (Wildman–Crippen MR) is 54.5 cm³/mol.